The van der Waals surface area contributed by atoms with Crippen molar-refractivity contribution in [3.05, 3.63) is 65.2 Å². The van der Waals surface area contributed by atoms with Gasteiger partial charge in [-0.3, -0.25) is 0 Å². The van der Waals surface area contributed by atoms with Crippen molar-refractivity contribution in [3.8, 4) is 6.07 Å². The summed E-state index contributed by atoms with van der Waals surface area (Å²) >= 11 is 0. The lowest BCUT2D eigenvalue weighted by Gasteiger charge is -2.11. The van der Waals surface area contributed by atoms with E-state index in [0.29, 0.717) is 24.4 Å². The normalized spacial score (nSPS) is 9.82. The fourth-order valence-electron chi connectivity index (χ4n) is 2.01. The van der Waals surface area contributed by atoms with Gasteiger partial charge in [0, 0.05) is 19.3 Å². The number of urea groups is 1. The molecule has 0 fully saturated rings. The van der Waals surface area contributed by atoms with Gasteiger partial charge in [-0.1, -0.05) is 24.3 Å². The lowest BCUT2D eigenvalue weighted by atomic mass is 10.1. The molecule has 0 aliphatic heterocycles. The van der Waals surface area contributed by atoms with Crippen LogP contribution in [0.2, 0.25) is 0 Å². The van der Waals surface area contributed by atoms with Crippen molar-refractivity contribution in [2.75, 3.05) is 12.4 Å². The molecule has 2 amide bonds. The molecule has 2 aromatic rings. The Morgan fingerprint density at radius 2 is 1.82 bits per heavy atom. The van der Waals surface area contributed by atoms with Crippen molar-refractivity contribution in [2.24, 2.45) is 0 Å². The number of nitriles is 1. The molecule has 0 aliphatic rings. The Kier molecular flexibility index (Phi) is 5.52. The largest absolute Gasteiger partial charge is 0.380 e. The van der Waals surface area contributed by atoms with Crippen molar-refractivity contribution in [1.82, 2.24) is 5.32 Å². The molecule has 0 radical (unpaired) electrons. The minimum absolute atomic E-state index is 0.295. The molecule has 0 unspecified atom stereocenters. The number of rotatable bonds is 5. The highest BCUT2D eigenvalue weighted by molar-refractivity contribution is 5.89. The van der Waals surface area contributed by atoms with Crippen LogP contribution in [0.15, 0.2) is 48.5 Å². The molecule has 0 heterocycles. The van der Waals surface area contributed by atoms with E-state index in [1.807, 2.05) is 30.3 Å². The molecular weight excluding hydrogens is 278 g/mol. The molecule has 0 aromatic heterocycles. The van der Waals surface area contributed by atoms with Crippen LogP contribution in [0.3, 0.4) is 0 Å². The van der Waals surface area contributed by atoms with Gasteiger partial charge >= 0.3 is 6.03 Å². The van der Waals surface area contributed by atoms with Gasteiger partial charge in [0.05, 0.1) is 18.2 Å². The van der Waals surface area contributed by atoms with Gasteiger partial charge in [0.25, 0.3) is 0 Å². The van der Waals surface area contributed by atoms with E-state index in [-0.39, 0.29) is 6.03 Å². The Balaban J connectivity index is 1.91. The van der Waals surface area contributed by atoms with Gasteiger partial charge in [-0.15, -0.1) is 0 Å². The molecule has 5 nitrogen and oxygen atoms in total. The number of benzene rings is 2. The Hall–Kier alpha value is -2.84. The van der Waals surface area contributed by atoms with Gasteiger partial charge in [0.1, 0.15) is 0 Å². The van der Waals surface area contributed by atoms with Crippen LogP contribution in [0, 0.1) is 11.3 Å². The molecule has 0 saturated heterocycles. The van der Waals surface area contributed by atoms with E-state index in [4.69, 9.17) is 10.00 Å². The Labute approximate surface area is 129 Å². The van der Waals surface area contributed by atoms with Crippen LogP contribution in [-0.2, 0) is 17.9 Å². The third-order valence-electron chi connectivity index (χ3n) is 3.13. The molecule has 0 bridgehead atoms. The second kappa shape index (κ2) is 7.81. The van der Waals surface area contributed by atoms with Gasteiger partial charge in [0.15, 0.2) is 0 Å². The quantitative estimate of drug-likeness (QED) is 0.890. The van der Waals surface area contributed by atoms with Gasteiger partial charge in [-0.25, -0.2) is 4.79 Å². The maximum Gasteiger partial charge on any atom is 0.319 e. The molecule has 112 valence electrons. The summed E-state index contributed by atoms with van der Waals surface area (Å²) < 4.78 is 5.14. The number of anilines is 1. The van der Waals surface area contributed by atoms with E-state index in [2.05, 4.69) is 10.6 Å². The number of methoxy groups -OCH3 is 1. The number of amides is 2. The molecule has 2 aromatic carbocycles. The van der Waals surface area contributed by atoms with Gasteiger partial charge < -0.3 is 15.4 Å². The van der Waals surface area contributed by atoms with E-state index in [9.17, 15) is 4.79 Å². The standard InChI is InChI=1S/C17H17N3O2/c1-22-12-15-5-3-2-4-14(15)11-19-17(21)20-16-8-6-13(10-18)7-9-16/h2-9H,11-12H2,1H3,(H2,19,20,21). The van der Waals surface area contributed by atoms with E-state index < -0.39 is 0 Å². The van der Waals surface area contributed by atoms with Gasteiger partial charge in [-0.05, 0) is 35.4 Å². The Morgan fingerprint density at radius 1 is 1.14 bits per heavy atom. The van der Waals surface area contributed by atoms with Crippen molar-refractivity contribution < 1.29 is 9.53 Å². The third-order valence-corrected chi connectivity index (χ3v) is 3.13. The Bertz CT molecular complexity index is 675. The lowest BCUT2D eigenvalue weighted by molar-refractivity contribution is 0.184. The van der Waals surface area contributed by atoms with E-state index >= 15 is 0 Å². The predicted octanol–water partition coefficient (Wildman–Crippen LogP) is 3.03. The summed E-state index contributed by atoms with van der Waals surface area (Å²) in [5, 5.41) is 14.3. The van der Waals surface area contributed by atoms with E-state index in [1.54, 1.807) is 31.4 Å². The highest BCUT2D eigenvalue weighted by Crippen LogP contribution is 2.11. The van der Waals surface area contributed by atoms with Crippen LogP contribution >= 0.6 is 0 Å². The summed E-state index contributed by atoms with van der Waals surface area (Å²) in [6.07, 6.45) is 0. The maximum atomic E-state index is 11.9. The Morgan fingerprint density at radius 3 is 2.45 bits per heavy atom. The van der Waals surface area contributed by atoms with Crippen LogP contribution in [-0.4, -0.2) is 13.1 Å². The zero-order valence-electron chi connectivity index (χ0n) is 12.3. The molecule has 5 heteroatoms. The van der Waals surface area contributed by atoms with Crippen LogP contribution in [0.5, 0.6) is 0 Å². The van der Waals surface area contributed by atoms with Crippen LogP contribution < -0.4 is 10.6 Å². The summed E-state index contributed by atoms with van der Waals surface area (Å²) in [5.41, 5.74) is 3.25. The van der Waals surface area contributed by atoms with Gasteiger partial charge in [0.2, 0.25) is 0 Å². The van der Waals surface area contributed by atoms with Crippen molar-refractivity contribution in [1.29, 1.82) is 5.26 Å². The number of nitrogens with one attached hydrogen (secondary N) is 2. The van der Waals surface area contributed by atoms with E-state index in [0.717, 1.165) is 11.1 Å². The zero-order chi connectivity index (χ0) is 15.8. The minimum atomic E-state index is -0.295. The van der Waals surface area contributed by atoms with Crippen LogP contribution in [0.4, 0.5) is 10.5 Å². The van der Waals surface area contributed by atoms with Crippen LogP contribution in [0.1, 0.15) is 16.7 Å². The third kappa shape index (κ3) is 4.33. The fraction of sp³-hybridized carbons (Fsp3) is 0.176. The topological polar surface area (TPSA) is 74.2 Å². The highest BCUT2D eigenvalue weighted by atomic mass is 16.5. The highest BCUT2D eigenvalue weighted by Gasteiger charge is 2.05. The fourth-order valence-corrected chi connectivity index (χ4v) is 2.01. The van der Waals surface area contributed by atoms with Crippen molar-refractivity contribution in [2.45, 2.75) is 13.2 Å². The first-order valence-corrected chi connectivity index (χ1v) is 6.83. The number of hydrogen-bond donors (Lipinski definition) is 2. The molecule has 0 saturated carbocycles. The first-order valence-electron chi connectivity index (χ1n) is 6.83. The maximum absolute atomic E-state index is 11.9. The van der Waals surface area contributed by atoms with Gasteiger partial charge in [-0.2, -0.15) is 5.26 Å². The SMILES string of the molecule is COCc1ccccc1CNC(=O)Nc1ccc(C#N)cc1. The van der Waals surface area contributed by atoms with E-state index in [1.165, 1.54) is 0 Å². The molecular formula is C17H17N3O2. The first-order chi connectivity index (χ1) is 10.7. The number of hydrogen-bond acceptors (Lipinski definition) is 3. The average molecular weight is 295 g/mol. The molecule has 22 heavy (non-hydrogen) atoms. The predicted molar refractivity (Wildman–Crippen MR) is 84.2 cm³/mol. The number of carbonyl (C=O) groups excluding carboxylic acids is 1. The smallest absolute Gasteiger partial charge is 0.319 e. The second-order valence-electron chi connectivity index (χ2n) is 4.70. The summed E-state index contributed by atoms with van der Waals surface area (Å²) in [7, 11) is 1.64. The first kappa shape index (κ1) is 15.5. The molecule has 0 aliphatic carbocycles. The van der Waals surface area contributed by atoms with Crippen LogP contribution in [0.25, 0.3) is 0 Å². The number of ether oxygens (including phenoxy) is 1. The van der Waals surface area contributed by atoms with Crippen molar-refractivity contribution in [3.63, 3.8) is 0 Å². The summed E-state index contributed by atoms with van der Waals surface area (Å²) in [6, 6.07) is 16.2. The molecule has 0 spiro atoms. The van der Waals surface area contributed by atoms with Crippen molar-refractivity contribution >= 4 is 11.7 Å². The molecule has 0 atom stereocenters. The zero-order valence-corrected chi connectivity index (χ0v) is 12.3. The number of nitrogens with zero attached hydrogens (tertiary/aromatic N) is 1. The summed E-state index contributed by atoms with van der Waals surface area (Å²) in [6.45, 7) is 0.927. The lowest BCUT2D eigenvalue weighted by Crippen LogP contribution is -2.28. The molecule has 2 rings (SSSR count). The number of carbonyl (C=O) groups is 1. The molecule has 2 N–H and O–H groups in total. The second-order valence-corrected chi connectivity index (χ2v) is 4.70. The monoisotopic (exact) mass is 295 g/mol. The average Bonchev–Trinajstić information content (AvgIpc) is 2.55. The minimum Gasteiger partial charge on any atom is -0.380 e. The summed E-state index contributed by atoms with van der Waals surface area (Å²) in [5.74, 6) is 0. The summed E-state index contributed by atoms with van der Waals surface area (Å²) in [4.78, 5) is 11.9.